The number of aromatic nitrogens is 2. The van der Waals surface area contributed by atoms with Crippen molar-refractivity contribution in [3.63, 3.8) is 0 Å². The predicted molar refractivity (Wildman–Crippen MR) is 68.6 cm³/mol. The summed E-state index contributed by atoms with van der Waals surface area (Å²) in [6.07, 6.45) is 1.59. The number of nitrogens with zero attached hydrogens (tertiary/aromatic N) is 2. The van der Waals surface area contributed by atoms with E-state index in [4.69, 9.17) is 8.94 Å². The molecule has 0 spiro atoms. The van der Waals surface area contributed by atoms with Crippen LogP contribution in [0.3, 0.4) is 0 Å². The maximum Gasteiger partial charge on any atom is 0.258 e. The van der Waals surface area contributed by atoms with Crippen molar-refractivity contribution in [2.75, 3.05) is 0 Å². The highest BCUT2D eigenvalue weighted by molar-refractivity contribution is 5.63. The summed E-state index contributed by atoms with van der Waals surface area (Å²) >= 11 is 0. The summed E-state index contributed by atoms with van der Waals surface area (Å²) in [5, 5.41) is 13.3. The highest BCUT2D eigenvalue weighted by atomic mass is 16.5. The fourth-order valence-corrected chi connectivity index (χ4v) is 1.95. The Morgan fingerprint density at radius 2 is 1.95 bits per heavy atom. The van der Waals surface area contributed by atoms with Crippen LogP contribution in [0.25, 0.3) is 22.8 Å². The Labute approximate surface area is 109 Å². The van der Waals surface area contributed by atoms with Crippen LogP contribution in [0.2, 0.25) is 0 Å². The molecule has 0 aliphatic heterocycles. The van der Waals surface area contributed by atoms with E-state index in [1.54, 1.807) is 30.5 Å². The van der Waals surface area contributed by atoms with Gasteiger partial charge in [-0.3, -0.25) is 0 Å². The van der Waals surface area contributed by atoms with Crippen LogP contribution in [0.5, 0.6) is 5.75 Å². The van der Waals surface area contributed by atoms with E-state index in [2.05, 4.69) is 10.1 Å². The van der Waals surface area contributed by atoms with Gasteiger partial charge in [-0.2, -0.15) is 4.98 Å². The largest absolute Gasteiger partial charge is 0.508 e. The van der Waals surface area contributed by atoms with Gasteiger partial charge in [-0.05, 0) is 43.7 Å². The van der Waals surface area contributed by atoms with E-state index in [-0.39, 0.29) is 5.75 Å². The van der Waals surface area contributed by atoms with Gasteiger partial charge in [-0.25, -0.2) is 0 Å². The monoisotopic (exact) mass is 256 g/mol. The first-order chi connectivity index (χ1) is 9.15. The van der Waals surface area contributed by atoms with Gasteiger partial charge in [-0.1, -0.05) is 5.16 Å². The lowest BCUT2D eigenvalue weighted by Gasteiger charge is -2.00. The molecule has 1 aromatic carbocycles. The van der Waals surface area contributed by atoms with Crippen molar-refractivity contribution in [2.24, 2.45) is 0 Å². The third-order valence-corrected chi connectivity index (χ3v) is 2.97. The average Bonchev–Trinajstić information content (AvgIpc) is 2.97. The zero-order valence-electron chi connectivity index (χ0n) is 10.5. The second-order valence-corrected chi connectivity index (χ2v) is 4.31. The van der Waals surface area contributed by atoms with Gasteiger partial charge >= 0.3 is 0 Å². The van der Waals surface area contributed by atoms with Crippen molar-refractivity contribution in [3.8, 4) is 28.6 Å². The molecule has 0 fully saturated rings. The molecule has 0 radical (unpaired) electrons. The van der Waals surface area contributed by atoms with E-state index < -0.39 is 0 Å². The SMILES string of the molecule is Cc1cc(O)ccc1-c1nc(-c2ccoc2C)no1. The number of aromatic hydroxyl groups is 1. The molecule has 0 atom stereocenters. The van der Waals surface area contributed by atoms with Crippen LogP contribution in [0, 0.1) is 13.8 Å². The van der Waals surface area contributed by atoms with E-state index in [0.29, 0.717) is 11.7 Å². The minimum atomic E-state index is 0.215. The first-order valence-electron chi connectivity index (χ1n) is 5.83. The van der Waals surface area contributed by atoms with Crippen LogP contribution in [0.15, 0.2) is 39.5 Å². The Morgan fingerprint density at radius 3 is 2.63 bits per heavy atom. The van der Waals surface area contributed by atoms with E-state index in [0.717, 1.165) is 22.5 Å². The Hall–Kier alpha value is -2.56. The van der Waals surface area contributed by atoms with Gasteiger partial charge in [0.05, 0.1) is 11.8 Å². The molecule has 0 bridgehead atoms. The third-order valence-electron chi connectivity index (χ3n) is 2.97. The molecule has 2 aromatic heterocycles. The Bertz CT molecular complexity index is 728. The molecule has 3 aromatic rings. The molecule has 5 heteroatoms. The van der Waals surface area contributed by atoms with Crippen molar-refractivity contribution in [1.82, 2.24) is 10.1 Å². The maximum atomic E-state index is 9.40. The standard InChI is InChI=1S/C14H12N2O3/c1-8-7-10(17)3-4-11(8)14-15-13(16-19-14)12-5-6-18-9(12)2/h3-7,17H,1-2H3. The summed E-state index contributed by atoms with van der Waals surface area (Å²) in [7, 11) is 0. The fraction of sp³-hybridized carbons (Fsp3) is 0.143. The summed E-state index contributed by atoms with van der Waals surface area (Å²) in [4.78, 5) is 4.35. The Balaban J connectivity index is 2.04. The first kappa shape index (κ1) is 11.5. The lowest BCUT2D eigenvalue weighted by atomic mass is 10.1. The third kappa shape index (κ3) is 1.99. The van der Waals surface area contributed by atoms with Crippen molar-refractivity contribution >= 4 is 0 Å². The van der Waals surface area contributed by atoms with E-state index in [1.807, 2.05) is 13.8 Å². The Kier molecular flexibility index (Phi) is 2.59. The quantitative estimate of drug-likeness (QED) is 0.761. The van der Waals surface area contributed by atoms with Crippen LogP contribution < -0.4 is 0 Å². The number of aryl methyl sites for hydroxylation is 2. The number of phenols is 1. The summed E-state index contributed by atoms with van der Waals surface area (Å²) in [6.45, 7) is 3.72. The highest BCUT2D eigenvalue weighted by Gasteiger charge is 2.15. The number of benzene rings is 1. The lowest BCUT2D eigenvalue weighted by molar-refractivity contribution is 0.431. The predicted octanol–water partition coefficient (Wildman–Crippen LogP) is 3.32. The van der Waals surface area contributed by atoms with Crippen molar-refractivity contribution in [2.45, 2.75) is 13.8 Å². The fourth-order valence-electron chi connectivity index (χ4n) is 1.95. The first-order valence-corrected chi connectivity index (χ1v) is 5.83. The van der Waals surface area contributed by atoms with Crippen molar-refractivity contribution in [3.05, 3.63) is 41.9 Å². The number of phenolic OH excluding ortho intramolecular Hbond substituents is 1. The van der Waals surface area contributed by atoms with Gasteiger partial charge in [0.15, 0.2) is 0 Å². The van der Waals surface area contributed by atoms with Crippen molar-refractivity contribution < 1.29 is 14.0 Å². The summed E-state index contributed by atoms with van der Waals surface area (Å²) in [5.41, 5.74) is 2.49. The van der Waals surface area contributed by atoms with Gasteiger partial charge in [0.25, 0.3) is 5.89 Å². The molecule has 2 heterocycles. The topological polar surface area (TPSA) is 72.3 Å². The number of hydrogen-bond acceptors (Lipinski definition) is 5. The van der Waals surface area contributed by atoms with Crippen LogP contribution >= 0.6 is 0 Å². The summed E-state index contributed by atoms with van der Waals surface area (Å²) in [5.74, 6) is 1.88. The maximum absolute atomic E-state index is 9.40. The molecule has 0 saturated carbocycles. The van der Waals surface area contributed by atoms with Crippen LogP contribution in [0.1, 0.15) is 11.3 Å². The molecular formula is C14H12N2O3. The number of rotatable bonds is 2. The molecule has 0 unspecified atom stereocenters. The molecule has 0 aliphatic rings. The van der Waals surface area contributed by atoms with Crippen LogP contribution in [-0.4, -0.2) is 15.2 Å². The molecule has 5 nitrogen and oxygen atoms in total. The summed E-state index contributed by atoms with van der Waals surface area (Å²) < 4.78 is 10.5. The van der Waals surface area contributed by atoms with Gasteiger partial charge < -0.3 is 14.0 Å². The molecular weight excluding hydrogens is 244 g/mol. The van der Waals surface area contributed by atoms with E-state index in [1.165, 1.54) is 0 Å². The molecule has 0 saturated heterocycles. The Morgan fingerprint density at radius 1 is 1.11 bits per heavy atom. The zero-order valence-corrected chi connectivity index (χ0v) is 10.5. The average molecular weight is 256 g/mol. The van der Waals surface area contributed by atoms with Gasteiger partial charge in [-0.15, -0.1) is 0 Å². The van der Waals surface area contributed by atoms with E-state index >= 15 is 0 Å². The second kappa shape index (κ2) is 4.28. The number of hydrogen-bond donors (Lipinski definition) is 1. The minimum absolute atomic E-state index is 0.215. The molecule has 3 rings (SSSR count). The van der Waals surface area contributed by atoms with Crippen molar-refractivity contribution in [1.29, 1.82) is 0 Å². The second-order valence-electron chi connectivity index (χ2n) is 4.31. The zero-order chi connectivity index (χ0) is 13.4. The molecule has 0 aliphatic carbocycles. The molecule has 1 N–H and O–H groups in total. The summed E-state index contributed by atoms with van der Waals surface area (Å²) in [6, 6.07) is 6.80. The van der Waals surface area contributed by atoms with Gasteiger partial charge in [0.2, 0.25) is 5.82 Å². The molecule has 19 heavy (non-hydrogen) atoms. The highest BCUT2D eigenvalue weighted by Crippen LogP contribution is 2.28. The number of furan rings is 1. The van der Waals surface area contributed by atoms with E-state index in [9.17, 15) is 5.11 Å². The van der Waals surface area contributed by atoms with Gasteiger partial charge in [0, 0.05) is 5.56 Å². The molecule has 96 valence electrons. The normalized spacial score (nSPS) is 10.8. The van der Waals surface area contributed by atoms with Crippen LogP contribution in [0.4, 0.5) is 0 Å². The van der Waals surface area contributed by atoms with Crippen LogP contribution in [-0.2, 0) is 0 Å². The molecule has 0 amide bonds. The smallest absolute Gasteiger partial charge is 0.258 e. The lowest BCUT2D eigenvalue weighted by Crippen LogP contribution is -1.84. The van der Waals surface area contributed by atoms with Gasteiger partial charge in [0.1, 0.15) is 11.5 Å². The minimum Gasteiger partial charge on any atom is -0.508 e.